The molecule has 1 aliphatic heterocycles. The Hall–Kier alpha value is 0.160. The summed E-state index contributed by atoms with van der Waals surface area (Å²) >= 11 is 2.28. The molecule has 0 N–H and O–H groups in total. The van der Waals surface area contributed by atoms with Crippen LogP contribution in [0.15, 0.2) is 0 Å². The van der Waals surface area contributed by atoms with E-state index in [2.05, 4.69) is 22.6 Å². The third-order valence-electron chi connectivity index (χ3n) is 3.47. The third kappa shape index (κ3) is 1.90. The lowest BCUT2D eigenvalue weighted by Gasteiger charge is -2.51. The van der Waals surface area contributed by atoms with Crippen molar-refractivity contribution in [1.82, 2.24) is 0 Å². The van der Waals surface area contributed by atoms with Crippen LogP contribution in [-0.2, 0) is 14.3 Å². The van der Waals surface area contributed by atoms with Gasteiger partial charge in [0.15, 0.2) is 0 Å². The van der Waals surface area contributed by atoms with Gasteiger partial charge in [-0.3, -0.25) is 4.79 Å². The molecule has 2 fully saturated rings. The van der Waals surface area contributed by atoms with Gasteiger partial charge in [0, 0.05) is 4.43 Å². The number of hydrogen-bond donors (Lipinski definition) is 0. The van der Waals surface area contributed by atoms with Crippen LogP contribution in [0.3, 0.4) is 0 Å². The van der Waals surface area contributed by atoms with Gasteiger partial charge < -0.3 is 9.47 Å². The van der Waals surface area contributed by atoms with Crippen LogP contribution >= 0.6 is 22.6 Å². The standard InChI is InChI=1S/C11H17IO3/c1-2-14-10(13)9-8(7-12)15-11(9)5-3-4-6-11/h8-9H,2-7H2,1H3. The number of carbonyl (C=O) groups excluding carboxylic acids is 1. The van der Waals surface area contributed by atoms with Crippen LogP contribution in [0.25, 0.3) is 0 Å². The normalized spacial score (nSPS) is 32.7. The van der Waals surface area contributed by atoms with Gasteiger partial charge in [-0.2, -0.15) is 0 Å². The van der Waals surface area contributed by atoms with Crippen molar-refractivity contribution in [1.29, 1.82) is 0 Å². The molecule has 0 aromatic heterocycles. The van der Waals surface area contributed by atoms with Gasteiger partial charge in [-0.15, -0.1) is 0 Å². The molecule has 86 valence electrons. The Morgan fingerprint density at radius 2 is 2.20 bits per heavy atom. The van der Waals surface area contributed by atoms with Crippen molar-refractivity contribution in [3.8, 4) is 0 Å². The van der Waals surface area contributed by atoms with Crippen LogP contribution < -0.4 is 0 Å². The fourth-order valence-electron chi connectivity index (χ4n) is 2.83. The quantitative estimate of drug-likeness (QED) is 0.454. The number of carbonyl (C=O) groups is 1. The van der Waals surface area contributed by atoms with E-state index in [-0.39, 0.29) is 23.6 Å². The minimum atomic E-state index is -0.151. The summed E-state index contributed by atoms with van der Waals surface area (Å²) in [6.45, 7) is 2.33. The number of alkyl halides is 1. The van der Waals surface area contributed by atoms with E-state index in [0.717, 1.165) is 17.3 Å². The molecular formula is C11H17IO3. The summed E-state index contributed by atoms with van der Waals surface area (Å²) in [4.78, 5) is 11.9. The lowest BCUT2D eigenvalue weighted by atomic mass is 9.76. The molecule has 0 aromatic rings. The molecule has 15 heavy (non-hydrogen) atoms. The van der Waals surface area contributed by atoms with Gasteiger partial charge in [0.05, 0.1) is 18.3 Å². The summed E-state index contributed by atoms with van der Waals surface area (Å²) in [5.41, 5.74) is -0.151. The molecule has 1 aliphatic carbocycles. The van der Waals surface area contributed by atoms with Crippen LogP contribution in [0.5, 0.6) is 0 Å². The lowest BCUT2D eigenvalue weighted by molar-refractivity contribution is -0.251. The Balaban J connectivity index is 2.06. The Kier molecular flexibility index (Phi) is 3.55. The van der Waals surface area contributed by atoms with Gasteiger partial charge in [0.2, 0.25) is 0 Å². The first kappa shape index (κ1) is 11.6. The maximum atomic E-state index is 11.9. The SMILES string of the molecule is CCOC(=O)C1C(CI)OC12CCCC2. The Morgan fingerprint density at radius 3 is 2.73 bits per heavy atom. The topological polar surface area (TPSA) is 35.5 Å². The van der Waals surface area contributed by atoms with Crippen LogP contribution in [0, 0.1) is 5.92 Å². The van der Waals surface area contributed by atoms with Crippen molar-refractivity contribution in [2.75, 3.05) is 11.0 Å². The van der Waals surface area contributed by atoms with E-state index < -0.39 is 0 Å². The molecule has 1 heterocycles. The molecular weight excluding hydrogens is 307 g/mol. The highest BCUT2D eigenvalue weighted by molar-refractivity contribution is 14.1. The molecule has 4 heteroatoms. The van der Waals surface area contributed by atoms with Crippen molar-refractivity contribution >= 4 is 28.6 Å². The summed E-state index contributed by atoms with van der Waals surface area (Å²) in [5, 5.41) is 0. The smallest absolute Gasteiger partial charge is 0.314 e. The predicted molar refractivity (Wildman–Crippen MR) is 65.1 cm³/mol. The molecule has 2 rings (SSSR count). The first-order valence-electron chi connectivity index (χ1n) is 5.64. The maximum absolute atomic E-state index is 11.9. The average molecular weight is 324 g/mol. The molecule has 1 saturated carbocycles. The largest absolute Gasteiger partial charge is 0.466 e. The van der Waals surface area contributed by atoms with Gasteiger partial charge >= 0.3 is 5.97 Å². The van der Waals surface area contributed by atoms with E-state index >= 15 is 0 Å². The van der Waals surface area contributed by atoms with Crippen molar-refractivity contribution in [3.05, 3.63) is 0 Å². The second-order valence-corrected chi connectivity index (χ2v) is 5.19. The fourth-order valence-corrected chi connectivity index (χ4v) is 3.52. The lowest BCUT2D eigenvalue weighted by Crippen LogP contribution is -2.62. The summed E-state index contributed by atoms with van der Waals surface area (Å²) in [6.07, 6.45) is 4.52. The molecule has 0 bridgehead atoms. The van der Waals surface area contributed by atoms with Crippen LogP contribution in [0.1, 0.15) is 32.6 Å². The summed E-state index contributed by atoms with van der Waals surface area (Å²) in [7, 11) is 0. The Morgan fingerprint density at radius 1 is 1.53 bits per heavy atom. The number of esters is 1. The first-order chi connectivity index (χ1) is 7.23. The van der Waals surface area contributed by atoms with E-state index in [1.54, 1.807) is 0 Å². The average Bonchev–Trinajstić information content (AvgIpc) is 2.65. The Labute approximate surface area is 104 Å². The second-order valence-electron chi connectivity index (χ2n) is 4.31. The molecule has 0 radical (unpaired) electrons. The highest BCUT2D eigenvalue weighted by Gasteiger charge is 2.59. The second kappa shape index (κ2) is 4.57. The minimum Gasteiger partial charge on any atom is -0.466 e. The minimum absolute atomic E-state index is 0.00292. The van der Waals surface area contributed by atoms with Crippen LogP contribution in [-0.4, -0.2) is 28.7 Å². The van der Waals surface area contributed by atoms with E-state index in [1.807, 2.05) is 6.92 Å². The van der Waals surface area contributed by atoms with E-state index in [1.165, 1.54) is 12.8 Å². The van der Waals surface area contributed by atoms with Crippen LogP contribution in [0.4, 0.5) is 0 Å². The molecule has 2 atom stereocenters. The molecule has 2 aliphatic rings. The zero-order chi connectivity index (χ0) is 10.9. The summed E-state index contributed by atoms with van der Waals surface area (Å²) in [6, 6.07) is 0. The predicted octanol–water partition coefficient (Wildman–Crippen LogP) is 2.31. The Bertz CT molecular complexity index is 248. The van der Waals surface area contributed by atoms with Crippen LogP contribution in [0.2, 0.25) is 0 Å². The number of rotatable bonds is 3. The molecule has 1 saturated heterocycles. The van der Waals surface area contributed by atoms with Gasteiger partial charge in [-0.25, -0.2) is 0 Å². The van der Waals surface area contributed by atoms with Crippen molar-refractivity contribution < 1.29 is 14.3 Å². The van der Waals surface area contributed by atoms with E-state index in [9.17, 15) is 4.79 Å². The number of halogens is 1. The maximum Gasteiger partial charge on any atom is 0.314 e. The van der Waals surface area contributed by atoms with Crippen molar-refractivity contribution in [2.45, 2.75) is 44.3 Å². The molecule has 1 spiro atoms. The highest BCUT2D eigenvalue weighted by Crippen LogP contribution is 2.51. The molecule has 2 unspecified atom stereocenters. The zero-order valence-electron chi connectivity index (χ0n) is 9.00. The van der Waals surface area contributed by atoms with Crippen molar-refractivity contribution in [2.24, 2.45) is 5.92 Å². The first-order valence-corrected chi connectivity index (χ1v) is 7.16. The monoisotopic (exact) mass is 324 g/mol. The summed E-state index contributed by atoms with van der Waals surface area (Å²) < 4.78 is 11.9. The highest BCUT2D eigenvalue weighted by atomic mass is 127. The van der Waals surface area contributed by atoms with E-state index in [4.69, 9.17) is 9.47 Å². The number of ether oxygens (including phenoxy) is 2. The van der Waals surface area contributed by atoms with Gasteiger partial charge in [0.1, 0.15) is 5.92 Å². The number of hydrogen-bond acceptors (Lipinski definition) is 3. The van der Waals surface area contributed by atoms with Gasteiger partial charge in [-0.1, -0.05) is 35.4 Å². The fraction of sp³-hybridized carbons (Fsp3) is 0.909. The van der Waals surface area contributed by atoms with Gasteiger partial charge in [0.25, 0.3) is 0 Å². The third-order valence-corrected chi connectivity index (χ3v) is 4.34. The van der Waals surface area contributed by atoms with Crippen molar-refractivity contribution in [3.63, 3.8) is 0 Å². The molecule has 0 aromatic carbocycles. The van der Waals surface area contributed by atoms with Gasteiger partial charge in [-0.05, 0) is 19.8 Å². The zero-order valence-corrected chi connectivity index (χ0v) is 11.2. The molecule has 3 nitrogen and oxygen atoms in total. The van der Waals surface area contributed by atoms with E-state index in [0.29, 0.717) is 6.61 Å². The summed E-state index contributed by atoms with van der Waals surface area (Å²) in [5.74, 6) is -0.0517. The molecule has 0 amide bonds.